The van der Waals surface area contributed by atoms with Gasteiger partial charge in [-0.2, -0.15) is 0 Å². The number of hydrogen-bond acceptors (Lipinski definition) is 11. The first-order valence-corrected chi connectivity index (χ1v) is 29.4. The average molecular weight is 1210 g/mol. The Morgan fingerprint density at radius 3 is 1.09 bits per heavy atom. The molecule has 0 saturated carbocycles. The third-order valence-corrected chi connectivity index (χ3v) is 16.1. The van der Waals surface area contributed by atoms with Crippen LogP contribution in [0.1, 0.15) is 54.8 Å². The van der Waals surface area contributed by atoms with Gasteiger partial charge in [0.05, 0.1) is 31.7 Å². The van der Waals surface area contributed by atoms with Crippen molar-refractivity contribution in [2.45, 2.75) is 21.6 Å². The largest absolute Gasteiger partial charge is 0.326 e. The number of carbonyl (C=O) groups is 4. The molecule has 0 fully saturated rings. The molecule has 0 aliphatic carbocycles. The van der Waals surface area contributed by atoms with Gasteiger partial charge in [0.25, 0.3) is 30.1 Å². The average Bonchev–Trinajstić information content (AvgIpc) is 3.46. The highest BCUT2D eigenvalue weighted by atomic mass is 35.5. The number of anilines is 4. The Balaban J connectivity index is 0.000000174. The third kappa shape index (κ3) is 16.0. The van der Waals surface area contributed by atoms with Crippen molar-refractivity contribution in [1.82, 2.24) is 4.98 Å². The topological polar surface area (TPSA) is 232 Å². The minimum Gasteiger partial charge on any atom is -0.326 e. The van der Waals surface area contributed by atoms with Crippen LogP contribution in [0.15, 0.2) is 233 Å². The van der Waals surface area contributed by atoms with E-state index in [2.05, 4.69) is 24.5 Å². The van der Waals surface area contributed by atoms with Gasteiger partial charge in [-0.1, -0.05) is 131 Å². The zero-order valence-corrected chi connectivity index (χ0v) is 47.0. The van der Waals surface area contributed by atoms with Gasteiger partial charge in [0.15, 0.2) is 11.6 Å². The molecule has 0 atom stereocenters. The summed E-state index contributed by atoms with van der Waals surface area (Å²) in [6.45, 7) is 1.36. The number of sulfonamides is 3. The van der Waals surface area contributed by atoms with Crippen LogP contribution in [-0.2, 0) is 34.9 Å². The van der Waals surface area contributed by atoms with Crippen molar-refractivity contribution in [2.24, 2.45) is 0 Å². The molecule has 0 spiro atoms. The first kappa shape index (κ1) is 59.5. The van der Waals surface area contributed by atoms with E-state index in [4.69, 9.17) is 46.4 Å². The van der Waals surface area contributed by atoms with Crippen molar-refractivity contribution < 1.29 is 44.4 Å². The maximum Gasteiger partial charge on any atom is 0.261 e. The third-order valence-electron chi connectivity index (χ3n) is 11.0. The Labute approximate surface area is 481 Å². The number of amides is 1. The molecular formula is C58H43Cl4N5O10S3. The molecule has 0 aliphatic rings. The highest BCUT2D eigenvalue weighted by molar-refractivity contribution is 7.93. The molecule has 4 N–H and O–H groups in total. The lowest BCUT2D eigenvalue weighted by Crippen LogP contribution is -2.16. The Hall–Kier alpha value is -8.20. The molecule has 0 radical (unpaired) electrons. The summed E-state index contributed by atoms with van der Waals surface area (Å²) >= 11 is 23.8. The molecule has 1 heterocycles. The van der Waals surface area contributed by atoms with Crippen molar-refractivity contribution in [3.8, 4) is 0 Å². The number of nitrogens with zero attached hydrogens (tertiary/aromatic N) is 1. The lowest BCUT2D eigenvalue weighted by atomic mass is 10.0. The van der Waals surface area contributed by atoms with Gasteiger partial charge in [-0.05, 0) is 127 Å². The van der Waals surface area contributed by atoms with Crippen LogP contribution in [0.3, 0.4) is 0 Å². The summed E-state index contributed by atoms with van der Waals surface area (Å²) in [5, 5.41) is 3.95. The summed E-state index contributed by atoms with van der Waals surface area (Å²) in [4.78, 5) is 53.5. The van der Waals surface area contributed by atoms with Crippen LogP contribution in [0.25, 0.3) is 0 Å². The normalized spacial score (nSPS) is 11.1. The van der Waals surface area contributed by atoms with Gasteiger partial charge >= 0.3 is 0 Å². The lowest BCUT2D eigenvalue weighted by Gasteiger charge is -2.13. The number of nitrogens with one attached hydrogen (secondary N) is 4. The van der Waals surface area contributed by atoms with Crippen LogP contribution in [0.4, 0.5) is 22.7 Å². The fourth-order valence-corrected chi connectivity index (χ4v) is 11.2. The van der Waals surface area contributed by atoms with Gasteiger partial charge in [0, 0.05) is 66.7 Å². The molecular weight excluding hydrogens is 1160 g/mol. The summed E-state index contributed by atoms with van der Waals surface area (Å²) in [5.74, 6) is -1.37. The summed E-state index contributed by atoms with van der Waals surface area (Å²) in [6.07, 6.45) is 1.48. The first-order chi connectivity index (χ1) is 38.1. The molecule has 1 aromatic heterocycles. The van der Waals surface area contributed by atoms with Crippen LogP contribution in [0, 0.1) is 0 Å². The second kappa shape index (κ2) is 26.6. The lowest BCUT2D eigenvalue weighted by molar-refractivity contribution is -0.114. The number of hydrogen-bond donors (Lipinski definition) is 4. The number of aromatic nitrogens is 1. The number of halogens is 4. The molecule has 406 valence electrons. The van der Waals surface area contributed by atoms with E-state index >= 15 is 0 Å². The van der Waals surface area contributed by atoms with Gasteiger partial charge < -0.3 is 5.32 Å². The summed E-state index contributed by atoms with van der Waals surface area (Å²) < 4.78 is 83.2. The Bertz CT molecular complexity index is 4060. The molecule has 22 heteroatoms. The summed E-state index contributed by atoms with van der Waals surface area (Å²) in [7, 11) is -11.7. The predicted molar refractivity (Wildman–Crippen MR) is 313 cm³/mol. The smallest absolute Gasteiger partial charge is 0.261 e. The second-order valence-corrected chi connectivity index (χ2v) is 23.6. The quantitative estimate of drug-likeness (QED) is 0.0665. The van der Waals surface area contributed by atoms with Crippen LogP contribution in [0.2, 0.25) is 20.1 Å². The van der Waals surface area contributed by atoms with E-state index in [9.17, 15) is 44.4 Å². The van der Waals surface area contributed by atoms with Crippen molar-refractivity contribution in [1.29, 1.82) is 0 Å². The second-order valence-electron chi connectivity index (χ2n) is 16.8. The monoisotopic (exact) mass is 1210 g/mol. The highest BCUT2D eigenvalue weighted by Gasteiger charge is 2.24. The Morgan fingerprint density at radius 1 is 0.375 bits per heavy atom. The van der Waals surface area contributed by atoms with Gasteiger partial charge in [0.2, 0.25) is 11.7 Å². The van der Waals surface area contributed by atoms with Gasteiger partial charge in [-0.15, -0.1) is 0 Å². The van der Waals surface area contributed by atoms with E-state index in [1.165, 1.54) is 128 Å². The molecule has 0 saturated heterocycles. The summed E-state index contributed by atoms with van der Waals surface area (Å²) in [5.41, 5.74) is 2.37. The van der Waals surface area contributed by atoms with E-state index in [1.807, 2.05) is 0 Å². The zero-order valence-electron chi connectivity index (χ0n) is 41.6. The van der Waals surface area contributed by atoms with Crippen LogP contribution in [0.5, 0.6) is 0 Å². The van der Waals surface area contributed by atoms with E-state index in [0.717, 1.165) is 0 Å². The maximum absolute atomic E-state index is 12.9. The summed E-state index contributed by atoms with van der Waals surface area (Å²) in [6, 6.07) is 54.5. The van der Waals surface area contributed by atoms with E-state index < -0.39 is 35.9 Å². The number of carbonyl (C=O) groups excluding carboxylic acids is 4. The number of pyridine rings is 1. The first-order valence-electron chi connectivity index (χ1n) is 23.4. The Morgan fingerprint density at radius 2 is 0.713 bits per heavy atom. The maximum atomic E-state index is 12.9. The molecule has 9 aromatic rings. The standard InChI is InChI=1S/C21H17ClN2O4S.C19H14ClNO3S.C18H12Cl2N2O3S/c1-14(25)23-17-8-10-18(11-9-17)29(27,28)24-20-12-7-16(22)13-19(20)21(26)15-5-3-2-4-6-15;20-15-11-12-18(21-25(23,24)16-9-5-2-6-10-16)17(13-15)19(22)14-7-3-1-4-8-14;19-12-4-7-14(8-5-12)26(24,25)22-16-9-6-13(20)11-15(16)18(23)17-3-1-2-10-21-17/h2-13,24H,1H3,(H,23,25);1-13,21H;1-11,22H. The minimum atomic E-state index is -3.97. The molecule has 15 nitrogen and oxygen atoms in total. The van der Waals surface area contributed by atoms with Crippen molar-refractivity contribution in [2.75, 3.05) is 19.5 Å². The van der Waals surface area contributed by atoms with Gasteiger partial charge in [0.1, 0.15) is 5.69 Å². The molecule has 0 aliphatic heterocycles. The molecule has 9 rings (SSSR count). The molecule has 80 heavy (non-hydrogen) atoms. The number of benzene rings is 8. The number of rotatable bonds is 16. The van der Waals surface area contributed by atoms with Crippen molar-refractivity contribution >= 4 is 122 Å². The molecule has 0 unspecified atom stereocenters. The minimum absolute atomic E-state index is 0.0142. The fourth-order valence-electron chi connectivity index (χ4n) is 7.25. The fraction of sp³-hybridized carbons (Fsp3) is 0.0172. The van der Waals surface area contributed by atoms with Crippen LogP contribution >= 0.6 is 46.4 Å². The SMILES string of the molecule is CC(=O)Nc1ccc(S(=O)(=O)Nc2ccc(Cl)cc2C(=O)c2ccccc2)cc1.O=C(c1ccccc1)c1cc(Cl)ccc1NS(=O)(=O)c1ccccc1.O=C(c1ccccn1)c1cc(Cl)ccc1NS(=O)(=O)c1ccc(Cl)cc1. The predicted octanol–water partition coefficient (Wildman–Crippen LogP) is 13.1. The van der Waals surface area contributed by atoms with E-state index in [1.54, 1.807) is 97.1 Å². The van der Waals surface area contributed by atoms with Crippen molar-refractivity contribution in [3.05, 3.63) is 272 Å². The van der Waals surface area contributed by atoms with Crippen molar-refractivity contribution in [3.63, 3.8) is 0 Å². The molecule has 1 amide bonds. The van der Waals surface area contributed by atoms with E-state index in [-0.39, 0.29) is 71.6 Å². The van der Waals surface area contributed by atoms with Gasteiger partial charge in [-0.25, -0.2) is 25.3 Å². The Kier molecular flexibility index (Phi) is 19.8. The molecule has 8 aromatic carbocycles. The van der Waals surface area contributed by atoms with E-state index in [0.29, 0.717) is 36.9 Å². The van der Waals surface area contributed by atoms with Crippen LogP contribution in [-0.4, -0.2) is 53.5 Å². The highest BCUT2D eigenvalue weighted by Crippen LogP contribution is 2.30. The van der Waals surface area contributed by atoms with Crippen LogP contribution < -0.4 is 19.5 Å². The van der Waals surface area contributed by atoms with Gasteiger partial charge in [-0.3, -0.25) is 38.3 Å². The number of ketones is 3. The zero-order chi connectivity index (χ0) is 57.6. The molecule has 0 bridgehead atoms.